The van der Waals surface area contributed by atoms with Gasteiger partial charge in [-0.15, -0.1) is 0 Å². The van der Waals surface area contributed by atoms with Crippen LogP contribution >= 0.6 is 15.6 Å². The van der Waals surface area contributed by atoms with Crippen LogP contribution in [0.1, 0.15) is 0 Å². The monoisotopic (exact) mass is 236 g/mol. The third-order valence-electron chi connectivity index (χ3n) is 0.893. The van der Waals surface area contributed by atoms with Crippen LogP contribution in [0, 0.1) is 0 Å². The van der Waals surface area contributed by atoms with Crippen molar-refractivity contribution < 1.29 is 37.0 Å². The Morgan fingerprint density at radius 3 is 1.54 bits per heavy atom. The van der Waals surface area contributed by atoms with E-state index in [1.807, 2.05) is 0 Å². The smallest absolute Gasteiger partial charge is 0.302 e. The van der Waals surface area contributed by atoms with Gasteiger partial charge in [0.1, 0.15) is 0 Å². The van der Waals surface area contributed by atoms with Gasteiger partial charge in [-0.05, 0) is 0 Å². The van der Waals surface area contributed by atoms with Crippen LogP contribution in [0.2, 0.25) is 0 Å². The Morgan fingerprint density at radius 1 is 1.00 bits per heavy atom. The summed E-state index contributed by atoms with van der Waals surface area (Å²) < 4.78 is 37.3. The molecule has 0 heterocycles. The SMILES string of the molecule is COP(=O)(O)OCOP(=O)(O)OC. The Kier molecular flexibility index (Phi) is 5.28. The molecule has 13 heavy (non-hydrogen) atoms. The molecule has 0 aromatic carbocycles. The zero-order chi connectivity index (χ0) is 10.5. The maximum atomic E-state index is 10.6. The van der Waals surface area contributed by atoms with Crippen LogP contribution in [-0.4, -0.2) is 30.8 Å². The first-order valence-corrected chi connectivity index (χ1v) is 5.88. The third kappa shape index (κ3) is 6.31. The van der Waals surface area contributed by atoms with Crippen molar-refractivity contribution in [2.75, 3.05) is 21.0 Å². The molecule has 0 bridgehead atoms. The van der Waals surface area contributed by atoms with Crippen molar-refractivity contribution in [2.45, 2.75) is 0 Å². The van der Waals surface area contributed by atoms with Crippen molar-refractivity contribution in [2.24, 2.45) is 0 Å². The summed E-state index contributed by atoms with van der Waals surface area (Å²) >= 11 is 0. The van der Waals surface area contributed by atoms with Gasteiger partial charge in [0, 0.05) is 14.2 Å². The third-order valence-corrected chi connectivity index (χ3v) is 2.68. The highest BCUT2D eigenvalue weighted by molar-refractivity contribution is 7.48. The number of hydrogen-bond donors (Lipinski definition) is 2. The molecule has 0 fully saturated rings. The van der Waals surface area contributed by atoms with Crippen molar-refractivity contribution in [3.63, 3.8) is 0 Å². The van der Waals surface area contributed by atoms with Gasteiger partial charge in [-0.25, -0.2) is 9.13 Å². The van der Waals surface area contributed by atoms with Gasteiger partial charge in [-0.1, -0.05) is 0 Å². The molecule has 0 amide bonds. The molecule has 0 aliphatic heterocycles. The summed E-state index contributed by atoms with van der Waals surface area (Å²) in [5, 5.41) is 0. The Labute approximate surface area is 74.6 Å². The Bertz CT molecular complexity index is 214. The van der Waals surface area contributed by atoms with Crippen LogP contribution in [0.25, 0.3) is 0 Å². The second-order valence-corrected chi connectivity index (χ2v) is 4.80. The quantitative estimate of drug-likeness (QED) is 0.505. The zero-order valence-corrected chi connectivity index (χ0v) is 8.73. The summed E-state index contributed by atoms with van der Waals surface area (Å²) in [6, 6.07) is 0. The molecule has 0 spiro atoms. The van der Waals surface area contributed by atoms with E-state index in [-0.39, 0.29) is 0 Å². The molecule has 0 saturated heterocycles. The minimum Gasteiger partial charge on any atom is -0.302 e. The van der Waals surface area contributed by atoms with E-state index in [0.717, 1.165) is 14.2 Å². The van der Waals surface area contributed by atoms with E-state index in [0.29, 0.717) is 0 Å². The number of hydrogen-bond acceptors (Lipinski definition) is 6. The van der Waals surface area contributed by atoms with E-state index in [1.165, 1.54) is 0 Å². The molecule has 0 rings (SSSR count). The summed E-state index contributed by atoms with van der Waals surface area (Å²) in [6.07, 6.45) is 0. The fraction of sp³-hybridized carbons (Fsp3) is 1.00. The molecule has 80 valence electrons. The van der Waals surface area contributed by atoms with Gasteiger partial charge in [-0.2, -0.15) is 0 Å². The molecule has 2 atom stereocenters. The van der Waals surface area contributed by atoms with Crippen LogP contribution < -0.4 is 0 Å². The van der Waals surface area contributed by atoms with Crippen LogP contribution in [0.4, 0.5) is 0 Å². The highest BCUT2D eigenvalue weighted by atomic mass is 31.2. The fourth-order valence-corrected chi connectivity index (χ4v) is 0.928. The number of rotatable bonds is 6. The summed E-state index contributed by atoms with van der Waals surface area (Å²) in [7, 11) is -6.49. The van der Waals surface area contributed by atoms with E-state index in [9.17, 15) is 9.13 Å². The Morgan fingerprint density at radius 2 is 1.31 bits per heavy atom. The summed E-state index contributed by atoms with van der Waals surface area (Å²) in [5.74, 6) is 0. The zero-order valence-electron chi connectivity index (χ0n) is 6.95. The van der Waals surface area contributed by atoms with Crippen molar-refractivity contribution in [3.8, 4) is 0 Å². The second kappa shape index (κ2) is 5.19. The van der Waals surface area contributed by atoms with Crippen LogP contribution in [0.3, 0.4) is 0 Å². The second-order valence-electron chi connectivity index (χ2n) is 1.68. The minimum atomic E-state index is -4.18. The molecule has 0 aliphatic carbocycles. The molecule has 8 nitrogen and oxygen atoms in total. The summed E-state index contributed by atoms with van der Waals surface area (Å²) in [5.41, 5.74) is 0. The predicted octanol–water partition coefficient (Wildman–Crippen LogP) is 0.471. The van der Waals surface area contributed by atoms with Crippen LogP contribution in [-0.2, 0) is 27.2 Å². The average molecular weight is 236 g/mol. The van der Waals surface area contributed by atoms with E-state index >= 15 is 0 Å². The largest absolute Gasteiger partial charge is 0.474 e. The molecule has 0 aromatic rings. The van der Waals surface area contributed by atoms with Crippen molar-refractivity contribution >= 4 is 15.6 Å². The maximum Gasteiger partial charge on any atom is 0.474 e. The van der Waals surface area contributed by atoms with E-state index in [1.54, 1.807) is 0 Å². The summed E-state index contributed by atoms with van der Waals surface area (Å²) in [6.45, 7) is -0.886. The lowest BCUT2D eigenvalue weighted by Crippen LogP contribution is -1.99. The van der Waals surface area contributed by atoms with Gasteiger partial charge in [0.2, 0.25) is 0 Å². The van der Waals surface area contributed by atoms with E-state index in [4.69, 9.17) is 9.79 Å². The average Bonchev–Trinajstić information content (AvgIpc) is 2.04. The van der Waals surface area contributed by atoms with Gasteiger partial charge in [0.05, 0.1) is 0 Å². The first kappa shape index (κ1) is 13.2. The maximum absolute atomic E-state index is 10.6. The molecule has 2 unspecified atom stereocenters. The Balaban J connectivity index is 3.81. The Hall–Kier alpha value is 0.220. The van der Waals surface area contributed by atoms with Crippen molar-refractivity contribution in [3.05, 3.63) is 0 Å². The normalized spacial score (nSPS) is 20.6. The minimum absolute atomic E-state index is 0.886. The van der Waals surface area contributed by atoms with Crippen molar-refractivity contribution in [1.29, 1.82) is 0 Å². The molecule has 0 saturated carbocycles. The van der Waals surface area contributed by atoms with E-state index < -0.39 is 22.4 Å². The lowest BCUT2D eigenvalue weighted by molar-refractivity contribution is 0.0476. The molecule has 10 heteroatoms. The topological polar surface area (TPSA) is 112 Å². The standard InChI is InChI=1S/C3H10O8P2/c1-8-12(4,5)10-3-11-13(6,7)9-2/h3H2,1-2H3,(H,4,5)(H,6,7). The first-order chi connectivity index (χ1) is 5.83. The molecule has 0 aliphatic rings. The van der Waals surface area contributed by atoms with Gasteiger partial charge in [0.15, 0.2) is 6.79 Å². The van der Waals surface area contributed by atoms with Crippen molar-refractivity contribution in [1.82, 2.24) is 0 Å². The van der Waals surface area contributed by atoms with Gasteiger partial charge in [-0.3, -0.25) is 18.1 Å². The predicted molar refractivity (Wildman–Crippen MR) is 40.7 cm³/mol. The lowest BCUT2D eigenvalue weighted by atomic mass is 11.6. The number of phosphoric acid groups is 2. The fourth-order valence-electron chi connectivity index (χ4n) is 0.262. The van der Waals surface area contributed by atoms with Gasteiger partial charge >= 0.3 is 15.6 Å². The molecule has 0 aromatic heterocycles. The molecular formula is C3H10O8P2. The summed E-state index contributed by atoms with van der Waals surface area (Å²) in [4.78, 5) is 17.2. The highest BCUT2D eigenvalue weighted by Gasteiger charge is 2.23. The molecular weight excluding hydrogens is 226 g/mol. The van der Waals surface area contributed by atoms with Gasteiger partial charge < -0.3 is 9.79 Å². The molecule has 0 radical (unpaired) electrons. The number of phosphoric ester groups is 2. The highest BCUT2D eigenvalue weighted by Crippen LogP contribution is 2.46. The molecule has 2 N–H and O–H groups in total. The van der Waals surface area contributed by atoms with E-state index in [2.05, 4.69) is 18.1 Å². The lowest BCUT2D eigenvalue weighted by Gasteiger charge is -2.11. The first-order valence-electron chi connectivity index (χ1n) is 2.89. The van der Waals surface area contributed by atoms with Crippen LogP contribution in [0.15, 0.2) is 0 Å². The van der Waals surface area contributed by atoms with Gasteiger partial charge in [0.25, 0.3) is 0 Å². The van der Waals surface area contributed by atoms with Crippen LogP contribution in [0.5, 0.6) is 0 Å².